The van der Waals surface area contributed by atoms with Gasteiger partial charge >= 0.3 is 0 Å². The molecule has 1 aliphatic rings. The highest BCUT2D eigenvalue weighted by Gasteiger charge is 2.28. The smallest absolute Gasteiger partial charge is 0.264 e. The van der Waals surface area contributed by atoms with Crippen molar-refractivity contribution >= 4 is 39.2 Å². The van der Waals surface area contributed by atoms with Crippen LogP contribution in [0.25, 0.3) is 22.3 Å². The van der Waals surface area contributed by atoms with Crippen molar-refractivity contribution in [3.05, 3.63) is 55.5 Å². The fourth-order valence-electron chi connectivity index (χ4n) is 2.89. The van der Waals surface area contributed by atoms with Gasteiger partial charge in [-0.15, -0.1) is 0 Å². The van der Waals surface area contributed by atoms with Crippen LogP contribution in [0.15, 0.2) is 39.6 Å². The fourth-order valence-corrected chi connectivity index (χ4v) is 3.48. The van der Waals surface area contributed by atoms with E-state index in [9.17, 15) is 13.6 Å². The van der Waals surface area contributed by atoms with Crippen LogP contribution in [0.5, 0.6) is 0 Å². The van der Waals surface area contributed by atoms with Crippen LogP contribution in [0.3, 0.4) is 0 Å². The maximum Gasteiger partial charge on any atom is 0.264 e. The summed E-state index contributed by atoms with van der Waals surface area (Å²) in [7, 11) is 0. The highest BCUT2D eigenvalue weighted by atomic mass is 79.9. The van der Waals surface area contributed by atoms with Crippen molar-refractivity contribution in [3.8, 4) is 11.3 Å². The predicted molar refractivity (Wildman–Crippen MR) is 97.6 cm³/mol. The third-order valence-corrected chi connectivity index (χ3v) is 5.04. The van der Waals surface area contributed by atoms with E-state index < -0.39 is 12.0 Å². The lowest BCUT2D eigenvalue weighted by Crippen LogP contribution is -2.17. The lowest BCUT2D eigenvalue weighted by atomic mass is 10.1. The Morgan fingerprint density at radius 2 is 1.96 bits per heavy atom. The van der Waals surface area contributed by atoms with Gasteiger partial charge in [-0.3, -0.25) is 14.3 Å². The molecule has 1 fully saturated rings. The Hall–Kier alpha value is -1.93. The van der Waals surface area contributed by atoms with Crippen LogP contribution in [0, 0.1) is 4.77 Å². The summed E-state index contributed by atoms with van der Waals surface area (Å²) in [5, 5.41) is -0.0867. The number of halogens is 3. The first-order chi connectivity index (χ1) is 12.0. The van der Waals surface area contributed by atoms with Gasteiger partial charge in [-0.05, 0) is 43.3 Å². The van der Waals surface area contributed by atoms with Crippen molar-refractivity contribution < 1.29 is 8.78 Å². The van der Waals surface area contributed by atoms with E-state index in [1.54, 1.807) is 16.7 Å². The molecule has 1 saturated carbocycles. The normalized spacial score (nSPS) is 14.4. The number of alkyl halides is 2. The van der Waals surface area contributed by atoms with E-state index >= 15 is 0 Å². The molecule has 4 nitrogen and oxygen atoms in total. The van der Waals surface area contributed by atoms with Crippen molar-refractivity contribution in [1.82, 2.24) is 14.5 Å². The minimum atomic E-state index is -2.79. The number of hydrogen-bond donors (Lipinski definition) is 1. The first-order valence-corrected chi connectivity index (χ1v) is 8.89. The van der Waals surface area contributed by atoms with Gasteiger partial charge in [-0.25, -0.2) is 13.8 Å². The van der Waals surface area contributed by atoms with Gasteiger partial charge < -0.3 is 0 Å². The minimum absolute atomic E-state index is 0.0867. The average molecular weight is 424 g/mol. The molecule has 0 aliphatic heterocycles. The summed E-state index contributed by atoms with van der Waals surface area (Å²) >= 11 is 8.59. The van der Waals surface area contributed by atoms with Crippen molar-refractivity contribution in [3.63, 3.8) is 0 Å². The Morgan fingerprint density at radius 3 is 2.56 bits per heavy atom. The molecular weight excluding hydrogens is 412 g/mol. The van der Waals surface area contributed by atoms with Gasteiger partial charge in [0.05, 0.1) is 11.1 Å². The van der Waals surface area contributed by atoms with Crippen LogP contribution in [-0.4, -0.2) is 14.5 Å². The first-order valence-electron chi connectivity index (χ1n) is 7.69. The molecule has 25 heavy (non-hydrogen) atoms. The zero-order valence-corrected chi connectivity index (χ0v) is 15.2. The molecule has 0 atom stereocenters. The third-order valence-electron chi connectivity index (χ3n) is 4.21. The van der Waals surface area contributed by atoms with E-state index in [4.69, 9.17) is 12.2 Å². The quantitative estimate of drug-likeness (QED) is 0.592. The van der Waals surface area contributed by atoms with Crippen molar-refractivity contribution in [2.75, 3.05) is 0 Å². The van der Waals surface area contributed by atoms with Gasteiger partial charge in [0, 0.05) is 21.6 Å². The molecule has 1 N–H and O–H groups in total. The molecule has 0 unspecified atom stereocenters. The van der Waals surface area contributed by atoms with Crippen LogP contribution in [0.2, 0.25) is 0 Å². The maximum absolute atomic E-state index is 13.7. The molecule has 4 rings (SSSR count). The largest absolute Gasteiger partial charge is 0.299 e. The Bertz CT molecular complexity index is 1090. The molecule has 0 spiro atoms. The summed E-state index contributed by atoms with van der Waals surface area (Å²) < 4.78 is 30.1. The van der Waals surface area contributed by atoms with Crippen LogP contribution < -0.4 is 5.56 Å². The molecular formula is C17H12BrF2N3OS. The molecule has 3 aromatic rings. The summed E-state index contributed by atoms with van der Waals surface area (Å²) in [4.78, 5) is 19.3. The van der Waals surface area contributed by atoms with Gasteiger partial charge in [0.2, 0.25) is 0 Å². The Balaban J connectivity index is 2.10. The van der Waals surface area contributed by atoms with Gasteiger partial charge in [0.25, 0.3) is 12.0 Å². The summed E-state index contributed by atoms with van der Waals surface area (Å²) in [6.07, 6.45) is -1.00. The van der Waals surface area contributed by atoms with E-state index in [0.717, 1.165) is 17.3 Å². The van der Waals surface area contributed by atoms with Gasteiger partial charge in [-0.2, -0.15) is 0 Å². The SMILES string of the molecule is O=c1[nH]c(=S)n(C2CC2)c2nc(-c3ccc(Br)cc3)cc(C(F)F)c12. The number of aromatic amines is 1. The van der Waals surface area contributed by atoms with Crippen LogP contribution in [0.4, 0.5) is 8.78 Å². The first kappa shape index (κ1) is 16.5. The van der Waals surface area contributed by atoms with E-state index in [1.807, 2.05) is 12.1 Å². The second-order valence-electron chi connectivity index (χ2n) is 5.96. The molecule has 128 valence electrons. The van der Waals surface area contributed by atoms with E-state index in [2.05, 4.69) is 25.9 Å². The molecule has 8 heteroatoms. The molecule has 1 aromatic carbocycles. The fraction of sp³-hybridized carbons (Fsp3) is 0.235. The third kappa shape index (κ3) is 2.93. The summed E-state index contributed by atoms with van der Waals surface area (Å²) in [5.41, 5.74) is 0.368. The van der Waals surface area contributed by atoms with E-state index in [1.165, 1.54) is 6.07 Å². The van der Waals surface area contributed by atoms with Crippen molar-refractivity contribution in [2.24, 2.45) is 0 Å². The van der Waals surface area contributed by atoms with Crippen molar-refractivity contribution in [2.45, 2.75) is 25.3 Å². The monoisotopic (exact) mass is 423 g/mol. The second kappa shape index (κ2) is 6.10. The molecule has 0 bridgehead atoms. The zero-order valence-electron chi connectivity index (χ0n) is 12.8. The topological polar surface area (TPSA) is 50.7 Å². The predicted octanol–water partition coefficient (Wildman–Crippen LogP) is 5.16. The van der Waals surface area contributed by atoms with Gasteiger partial charge in [0.1, 0.15) is 5.65 Å². The second-order valence-corrected chi connectivity index (χ2v) is 7.27. The number of nitrogens with one attached hydrogen (secondary N) is 1. The molecule has 2 aromatic heterocycles. The molecule has 0 radical (unpaired) electrons. The van der Waals surface area contributed by atoms with E-state index in [0.29, 0.717) is 11.3 Å². The summed E-state index contributed by atoms with van der Waals surface area (Å²) in [5.74, 6) is 0. The number of nitrogens with zero attached hydrogens (tertiary/aromatic N) is 2. The maximum atomic E-state index is 13.7. The van der Waals surface area contributed by atoms with Gasteiger partial charge in [-0.1, -0.05) is 28.1 Å². The van der Waals surface area contributed by atoms with Crippen molar-refractivity contribution in [1.29, 1.82) is 0 Å². The Labute approximate surface area is 154 Å². The molecule has 1 aliphatic carbocycles. The number of benzene rings is 1. The number of pyridine rings is 1. The minimum Gasteiger partial charge on any atom is -0.299 e. The van der Waals surface area contributed by atoms with Gasteiger partial charge in [0.15, 0.2) is 4.77 Å². The van der Waals surface area contributed by atoms with Crippen LogP contribution in [-0.2, 0) is 0 Å². The van der Waals surface area contributed by atoms with Crippen LogP contribution >= 0.6 is 28.1 Å². The average Bonchev–Trinajstić information content (AvgIpc) is 3.39. The number of aromatic nitrogens is 3. The number of rotatable bonds is 3. The Kier molecular flexibility index (Phi) is 4.04. The standard InChI is InChI=1S/C17H12BrF2N3OS/c18-9-3-1-8(2-4-9)12-7-11(14(19)20)13-15(21-12)23(10-5-6-10)17(25)22-16(13)24/h1-4,7,10,14H,5-6H2,(H,22,24,25). The zero-order chi connectivity index (χ0) is 17.7. The number of H-pyrrole nitrogens is 1. The van der Waals surface area contributed by atoms with Crippen LogP contribution in [0.1, 0.15) is 30.9 Å². The highest BCUT2D eigenvalue weighted by molar-refractivity contribution is 9.10. The lowest BCUT2D eigenvalue weighted by Gasteiger charge is -2.14. The molecule has 0 saturated heterocycles. The molecule has 0 amide bonds. The Morgan fingerprint density at radius 1 is 1.28 bits per heavy atom. The summed E-state index contributed by atoms with van der Waals surface area (Å²) in [6.45, 7) is 0. The molecule has 2 heterocycles. The highest BCUT2D eigenvalue weighted by Crippen LogP contribution is 2.38. The number of fused-ring (bicyclic) bond motifs is 1. The lowest BCUT2D eigenvalue weighted by molar-refractivity contribution is 0.153. The summed E-state index contributed by atoms with van der Waals surface area (Å²) in [6, 6.07) is 8.59. The van der Waals surface area contributed by atoms with E-state index in [-0.39, 0.29) is 27.4 Å². The number of hydrogen-bond acceptors (Lipinski definition) is 3.